The van der Waals surface area contributed by atoms with Crippen LogP contribution in [-0.2, 0) is 6.54 Å². The van der Waals surface area contributed by atoms with E-state index < -0.39 is 0 Å². The van der Waals surface area contributed by atoms with Gasteiger partial charge in [-0.3, -0.25) is 4.57 Å². The predicted octanol–water partition coefficient (Wildman–Crippen LogP) is 5.03. The molecule has 0 aliphatic carbocycles. The Morgan fingerprint density at radius 1 is 1.26 bits per heavy atom. The van der Waals surface area contributed by atoms with Crippen molar-refractivity contribution >= 4 is 34.9 Å². The van der Waals surface area contributed by atoms with Crippen LogP contribution in [0, 0.1) is 18.3 Å². The molecule has 0 atom stereocenters. The van der Waals surface area contributed by atoms with Gasteiger partial charge in [-0.05, 0) is 41.8 Å². The maximum atomic E-state index is 9.33. The molecule has 0 fully saturated rings. The molecule has 0 radical (unpaired) electrons. The number of rotatable bonds is 5. The molecule has 4 aromatic rings. The topological polar surface area (TPSA) is 80.5 Å². The number of hydrogen-bond donors (Lipinski definition) is 0. The molecule has 0 spiro atoms. The number of aryl methyl sites for hydroxylation is 1. The SMILES string of the molecule is Cc1occc1-c1nnc(Sc2snc(Cl)c2C#N)n1Cc1ccccc1. The predicted molar refractivity (Wildman–Crippen MR) is 104 cm³/mol. The molecule has 0 bridgehead atoms. The molecule has 27 heavy (non-hydrogen) atoms. The maximum Gasteiger partial charge on any atom is 0.197 e. The third-order valence-electron chi connectivity index (χ3n) is 3.91. The molecular weight excluding hydrogens is 402 g/mol. The fourth-order valence-corrected chi connectivity index (χ4v) is 4.67. The van der Waals surface area contributed by atoms with Crippen molar-refractivity contribution < 1.29 is 4.42 Å². The summed E-state index contributed by atoms with van der Waals surface area (Å²) >= 11 is 8.51. The Labute approximate surface area is 168 Å². The fraction of sp³-hybridized carbons (Fsp3) is 0.111. The van der Waals surface area contributed by atoms with Gasteiger partial charge in [-0.2, -0.15) is 9.64 Å². The third kappa shape index (κ3) is 3.49. The van der Waals surface area contributed by atoms with E-state index in [1.165, 1.54) is 23.3 Å². The summed E-state index contributed by atoms with van der Waals surface area (Å²) in [7, 11) is 0. The van der Waals surface area contributed by atoms with Gasteiger partial charge >= 0.3 is 0 Å². The van der Waals surface area contributed by atoms with Crippen LogP contribution in [0.3, 0.4) is 0 Å². The van der Waals surface area contributed by atoms with E-state index in [1.807, 2.05) is 47.9 Å². The maximum absolute atomic E-state index is 9.33. The largest absolute Gasteiger partial charge is 0.469 e. The van der Waals surface area contributed by atoms with E-state index in [-0.39, 0.29) is 5.15 Å². The lowest BCUT2D eigenvalue weighted by atomic mass is 10.2. The number of halogens is 1. The zero-order valence-electron chi connectivity index (χ0n) is 14.1. The molecule has 1 aromatic carbocycles. The lowest BCUT2D eigenvalue weighted by Crippen LogP contribution is -2.04. The molecular formula is C18H12ClN5OS2. The van der Waals surface area contributed by atoms with Crippen molar-refractivity contribution in [2.45, 2.75) is 22.8 Å². The lowest BCUT2D eigenvalue weighted by Gasteiger charge is -2.09. The molecule has 0 saturated carbocycles. The summed E-state index contributed by atoms with van der Waals surface area (Å²) in [6.07, 6.45) is 1.63. The minimum Gasteiger partial charge on any atom is -0.469 e. The first-order valence-electron chi connectivity index (χ1n) is 7.92. The second-order valence-corrected chi connectivity index (χ2v) is 7.99. The van der Waals surface area contributed by atoms with Crippen LogP contribution in [0.5, 0.6) is 0 Å². The zero-order valence-corrected chi connectivity index (χ0v) is 16.5. The summed E-state index contributed by atoms with van der Waals surface area (Å²) in [6, 6.07) is 14.0. The van der Waals surface area contributed by atoms with E-state index in [0.717, 1.165) is 16.9 Å². The van der Waals surface area contributed by atoms with E-state index >= 15 is 0 Å². The highest BCUT2D eigenvalue weighted by Gasteiger charge is 2.21. The highest BCUT2D eigenvalue weighted by molar-refractivity contribution is 8.01. The Hall–Kier alpha value is -2.60. The summed E-state index contributed by atoms with van der Waals surface area (Å²) < 4.78 is 12.2. The van der Waals surface area contributed by atoms with Gasteiger partial charge in [0.05, 0.1) is 18.4 Å². The van der Waals surface area contributed by atoms with Gasteiger partial charge in [-0.15, -0.1) is 10.2 Å². The Morgan fingerprint density at radius 3 is 2.78 bits per heavy atom. The number of hydrogen-bond acceptors (Lipinski definition) is 7. The van der Waals surface area contributed by atoms with Gasteiger partial charge in [0, 0.05) is 0 Å². The summed E-state index contributed by atoms with van der Waals surface area (Å²) in [5.74, 6) is 1.48. The first-order valence-corrected chi connectivity index (χ1v) is 9.89. The van der Waals surface area contributed by atoms with Crippen molar-refractivity contribution in [1.82, 2.24) is 19.1 Å². The summed E-state index contributed by atoms with van der Waals surface area (Å²) in [5.41, 5.74) is 2.36. The molecule has 3 heterocycles. The van der Waals surface area contributed by atoms with Crippen molar-refractivity contribution in [2.75, 3.05) is 0 Å². The highest BCUT2D eigenvalue weighted by atomic mass is 35.5. The Balaban J connectivity index is 1.78. The molecule has 0 unspecified atom stereocenters. The molecule has 0 saturated heterocycles. The molecule has 6 nitrogen and oxygen atoms in total. The van der Waals surface area contributed by atoms with E-state index in [1.54, 1.807) is 6.26 Å². The van der Waals surface area contributed by atoms with E-state index in [4.69, 9.17) is 16.0 Å². The molecule has 0 aliphatic heterocycles. The van der Waals surface area contributed by atoms with Crippen molar-refractivity contribution in [3.63, 3.8) is 0 Å². The molecule has 0 aliphatic rings. The number of aromatic nitrogens is 4. The van der Waals surface area contributed by atoms with Crippen LogP contribution < -0.4 is 0 Å². The van der Waals surface area contributed by atoms with E-state index in [9.17, 15) is 5.26 Å². The minimum absolute atomic E-state index is 0.213. The number of furan rings is 1. The van der Waals surface area contributed by atoms with Gasteiger partial charge in [0.15, 0.2) is 16.1 Å². The van der Waals surface area contributed by atoms with Crippen molar-refractivity contribution in [3.05, 3.63) is 64.7 Å². The van der Waals surface area contributed by atoms with Gasteiger partial charge in [0.1, 0.15) is 21.6 Å². The first-order chi connectivity index (χ1) is 13.2. The van der Waals surface area contributed by atoms with E-state index in [0.29, 0.717) is 27.3 Å². The van der Waals surface area contributed by atoms with Gasteiger partial charge < -0.3 is 4.42 Å². The average Bonchev–Trinajstić information content (AvgIpc) is 3.36. The molecule has 3 aromatic heterocycles. The van der Waals surface area contributed by atoms with Crippen LogP contribution >= 0.6 is 34.9 Å². The third-order valence-corrected chi connectivity index (χ3v) is 6.28. The summed E-state index contributed by atoms with van der Waals surface area (Å²) in [6.45, 7) is 2.48. The molecule has 9 heteroatoms. The van der Waals surface area contributed by atoms with Crippen LogP contribution in [0.15, 0.2) is 56.4 Å². The van der Waals surface area contributed by atoms with Crippen molar-refractivity contribution in [2.24, 2.45) is 0 Å². The Kier molecular flexibility index (Phi) is 4.99. The quantitative estimate of drug-likeness (QED) is 0.456. The first kappa shape index (κ1) is 17.8. The van der Waals surface area contributed by atoms with Gasteiger partial charge in [-0.25, -0.2) is 0 Å². The molecule has 0 amide bonds. The van der Waals surface area contributed by atoms with Crippen LogP contribution in [0.25, 0.3) is 11.4 Å². The second kappa shape index (κ2) is 7.56. The van der Waals surface area contributed by atoms with Crippen LogP contribution in [0.2, 0.25) is 5.15 Å². The molecule has 0 N–H and O–H groups in total. The standard InChI is InChI=1S/C18H12ClN5OS2/c1-11-13(7-8-25-11)16-21-22-18(24(16)10-12-5-3-2-4-6-12)26-17-14(9-20)15(19)23-27-17/h2-8H,10H2,1H3. The van der Waals surface area contributed by atoms with Crippen LogP contribution in [0.1, 0.15) is 16.9 Å². The normalized spacial score (nSPS) is 10.9. The van der Waals surface area contributed by atoms with Gasteiger partial charge in [0.2, 0.25) is 0 Å². The number of nitrogens with zero attached hydrogens (tertiary/aromatic N) is 5. The van der Waals surface area contributed by atoms with E-state index in [2.05, 4.69) is 20.6 Å². The lowest BCUT2D eigenvalue weighted by molar-refractivity contribution is 0.534. The monoisotopic (exact) mass is 413 g/mol. The van der Waals surface area contributed by atoms with Gasteiger partial charge in [0.25, 0.3) is 0 Å². The summed E-state index contributed by atoms with van der Waals surface area (Å²) in [4.78, 5) is 0. The molecule has 134 valence electrons. The average molecular weight is 414 g/mol. The van der Waals surface area contributed by atoms with Gasteiger partial charge in [-0.1, -0.05) is 41.9 Å². The number of benzene rings is 1. The zero-order chi connectivity index (χ0) is 18.8. The van der Waals surface area contributed by atoms with Crippen LogP contribution in [-0.4, -0.2) is 19.1 Å². The van der Waals surface area contributed by atoms with Crippen molar-refractivity contribution in [3.8, 4) is 17.5 Å². The Bertz CT molecular complexity index is 1130. The fourth-order valence-electron chi connectivity index (χ4n) is 2.59. The Morgan fingerprint density at radius 2 is 2.07 bits per heavy atom. The molecule has 4 rings (SSSR count). The minimum atomic E-state index is 0.213. The van der Waals surface area contributed by atoms with Crippen molar-refractivity contribution in [1.29, 1.82) is 5.26 Å². The smallest absolute Gasteiger partial charge is 0.197 e. The summed E-state index contributed by atoms with van der Waals surface area (Å²) in [5, 5.41) is 18.9. The number of nitriles is 1. The highest BCUT2D eigenvalue weighted by Crippen LogP contribution is 2.37. The van der Waals surface area contributed by atoms with Crippen LogP contribution in [0.4, 0.5) is 0 Å². The second-order valence-electron chi connectivity index (χ2n) is 5.62.